The highest BCUT2D eigenvalue weighted by Crippen LogP contribution is 2.45. The molecular formula is C23H13FNO2S-. The highest BCUT2D eigenvalue weighted by molar-refractivity contribution is 7.98. The smallest absolute Gasteiger partial charge is 0.123 e. The minimum absolute atomic E-state index is 0.0160. The third kappa shape index (κ3) is 2.67. The molecule has 0 saturated heterocycles. The monoisotopic (exact) mass is 386 g/mol. The van der Waals surface area contributed by atoms with Crippen molar-refractivity contribution in [1.29, 1.82) is 0 Å². The zero-order valence-electron chi connectivity index (χ0n) is 14.6. The summed E-state index contributed by atoms with van der Waals surface area (Å²) in [5, 5.41) is 12.1. The number of carbonyl (C=O) groups is 1. The van der Waals surface area contributed by atoms with E-state index in [1.807, 2.05) is 30.3 Å². The Morgan fingerprint density at radius 3 is 2.61 bits per heavy atom. The van der Waals surface area contributed by atoms with Crippen LogP contribution in [0.3, 0.4) is 0 Å². The molecule has 1 aliphatic heterocycles. The molecule has 0 unspecified atom stereocenters. The lowest BCUT2D eigenvalue weighted by Gasteiger charge is -2.23. The molecule has 0 radical (unpaired) electrons. The van der Waals surface area contributed by atoms with Gasteiger partial charge in [-0.05, 0) is 41.0 Å². The lowest BCUT2D eigenvalue weighted by atomic mass is 9.96. The van der Waals surface area contributed by atoms with Crippen molar-refractivity contribution in [1.82, 2.24) is 4.98 Å². The van der Waals surface area contributed by atoms with Crippen LogP contribution in [-0.4, -0.2) is 11.0 Å². The maximum absolute atomic E-state index is 13.7. The van der Waals surface area contributed by atoms with Crippen LogP contribution in [0.2, 0.25) is 0 Å². The molecule has 0 aliphatic carbocycles. The first-order valence-corrected chi connectivity index (χ1v) is 9.76. The van der Waals surface area contributed by atoms with Gasteiger partial charge >= 0.3 is 0 Å². The molecule has 0 bridgehead atoms. The van der Waals surface area contributed by atoms with Gasteiger partial charge in [0.15, 0.2) is 0 Å². The number of benzene rings is 3. The summed E-state index contributed by atoms with van der Waals surface area (Å²) in [7, 11) is 0. The zero-order valence-corrected chi connectivity index (χ0v) is 15.4. The van der Waals surface area contributed by atoms with Crippen LogP contribution in [-0.2, 0) is 5.75 Å². The molecule has 2 heterocycles. The first-order chi connectivity index (χ1) is 13.6. The number of nitrogens with zero attached hydrogens (tertiary/aromatic N) is 1. The molecule has 0 N–H and O–H groups in total. The normalized spacial score (nSPS) is 12.5. The molecule has 136 valence electrons. The molecule has 5 rings (SSSR count). The van der Waals surface area contributed by atoms with Crippen LogP contribution in [0.15, 0.2) is 71.6 Å². The molecule has 0 spiro atoms. The lowest BCUT2D eigenvalue weighted by Crippen LogP contribution is -2.24. The number of carboxylic acid groups (broad SMARTS) is 1. The van der Waals surface area contributed by atoms with E-state index >= 15 is 0 Å². The predicted molar refractivity (Wildman–Crippen MR) is 106 cm³/mol. The van der Waals surface area contributed by atoms with Gasteiger partial charge in [-0.2, -0.15) is 0 Å². The Balaban J connectivity index is 1.74. The van der Waals surface area contributed by atoms with Gasteiger partial charge in [0.05, 0.1) is 17.2 Å². The molecule has 3 nitrogen and oxygen atoms in total. The lowest BCUT2D eigenvalue weighted by molar-refractivity contribution is -0.255. The highest BCUT2D eigenvalue weighted by atomic mass is 32.2. The fourth-order valence-electron chi connectivity index (χ4n) is 3.65. The van der Waals surface area contributed by atoms with Crippen LogP contribution >= 0.6 is 11.8 Å². The van der Waals surface area contributed by atoms with Crippen molar-refractivity contribution in [2.45, 2.75) is 10.6 Å². The van der Waals surface area contributed by atoms with E-state index in [0.717, 1.165) is 22.3 Å². The van der Waals surface area contributed by atoms with E-state index in [1.165, 1.54) is 30.0 Å². The minimum atomic E-state index is -1.31. The molecule has 1 aliphatic rings. The Bertz CT molecular complexity index is 1250. The average Bonchev–Trinajstić information content (AvgIpc) is 2.72. The van der Waals surface area contributed by atoms with Crippen LogP contribution in [0.25, 0.3) is 33.3 Å². The van der Waals surface area contributed by atoms with Gasteiger partial charge in [-0.1, -0.05) is 42.5 Å². The van der Waals surface area contributed by atoms with E-state index in [9.17, 15) is 14.3 Å². The molecule has 0 atom stereocenters. The number of carbonyl (C=O) groups excluding carboxylic acids is 1. The van der Waals surface area contributed by atoms with E-state index in [-0.39, 0.29) is 10.9 Å². The molecule has 3 aromatic carbocycles. The van der Waals surface area contributed by atoms with Gasteiger partial charge in [-0.3, -0.25) is 0 Å². The predicted octanol–water partition coefficient (Wildman–Crippen LogP) is 4.68. The van der Waals surface area contributed by atoms with Crippen LogP contribution in [0.1, 0.15) is 15.9 Å². The van der Waals surface area contributed by atoms with Gasteiger partial charge in [-0.15, -0.1) is 11.8 Å². The van der Waals surface area contributed by atoms with Crippen LogP contribution < -0.4 is 5.11 Å². The number of halogens is 1. The zero-order chi connectivity index (χ0) is 19.3. The Kier molecular flexibility index (Phi) is 3.91. The first kappa shape index (κ1) is 17.0. The van der Waals surface area contributed by atoms with E-state index < -0.39 is 11.8 Å². The summed E-state index contributed by atoms with van der Waals surface area (Å²) in [6.07, 6.45) is 0. The molecule has 28 heavy (non-hydrogen) atoms. The fraction of sp³-hybridized carbons (Fsp3) is 0.0435. The summed E-state index contributed by atoms with van der Waals surface area (Å²) in [6, 6.07) is 20.2. The Morgan fingerprint density at radius 2 is 1.82 bits per heavy atom. The maximum atomic E-state index is 13.7. The number of hydrogen-bond acceptors (Lipinski definition) is 4. The number of aromatic carboxylic acids is 1. The number of rotatable bonds is 2. The molecule has 0 amide bonds. The molecule has 5 heteroatoms. The molecule has 0 saturated carbocycles. The molecule has 4 aromatic rings. The van der Waals surface area contributed by atoms with E-state index in [2.05, 4.69) is 23.2 Å². The van der Waals surface area contributed by atoms with Crippen LogP contribution in [0, 0.1) is 5.82 Å². The van der Waals surface area contributed by atoms with Crippen molar-refractivity contribution in [3.05, 3.63) is 83.7 Å². The van der Waals surface area contributed by atoms with E-state index in [1.54, 1.807) is 0 Å². The number of carboxylic acids is 1. The van der Waals surface area contributed by atoms with Crippen molar-refractivity contribution >= 4 is 28.6 Å². The van der Waals surface area contributed by atoms with Crippen molar-refractivity contribution < 1.29 is 14.3 Å². The highest BCUT2D eigenvalue weighted by Gasteiger charge is 2.24. The second kappa shape index (κ2) is 6.46. The van der Waals surface area contributed by atoms with Crippen molar-refractivity contribution in [3.63, 3.8) is 0 Å². The third-order valence-electron chi connectivity index (χ3n) is 4.95. The quantitative estimate of drug-likeness (QED) is 0.502. The topological polar surface area (TPSA) is 53.0 Å². The first-order valence-electron chi connectivity index (χ1n) is 8.78. The molecule has 0 fully saturated rings. The van der Waals surface area contributed by atoms with Gasteiger partial charge in [0, 0.05) is 27.2 Å². The number of pyridine rings is 1. The summed E-state index contributed by atoms with van der Waals surface area (Å²) >= 11 is 1.41. The second-order valence-electron chi connectivity index (χ2n) is 6.64. The average molecular weight is 386 g/mol. The number of hydrogen-bond donors (Lipinski definition) is 0. The largest absolute Gasteiger partial charge is 0.545 e. The number of aromatic nitrogens is 1. The molecule has 1 aromatic heterocycles. The SMILES string of the molecule is O=C([O-])c1c2c(nc3ccc(F)cc13)-c1ccc(-c3ccccc3)cc1CS2. The number of fused-ring (bicyclic) bond motifs is 4. The fourth-order valence-corrected chi connectivity index (χ4v) is 4.82. The standard InChI is InChI=1S/C23H14FNO2S/c24-16-7-9-19-18(11-16)20(23(26)27)22-21(25-19)17-8-6-14(10-15(17)12-28-22)13-4-2-1-3-5-13/h1-11H,12H2,(H,26,27)/p-1. The van der Waals surface area contributed by atoms with E-state index in [4.69, 9.17) is 0 Å². The Morgan fingerprint density at radius 1 is 1.00 bits per heavy atom. The summed E-state index contributed by atoms with van der Waals surface area (Å²) < 4.78 is 13.7. The van der Waals surface area contributed by atoms with Gasteiger partial charge < -0.3 is 9.90 Å². The molecular weight excluding hydrogens is 373 g/mol. The summed E-state index contributed by atoms with van der Waals surface area (Å²) in [4.78, 5) is 17.1. The Labute approximate surface area is 164 Å². The van der Waals surface area contributed by atoms with Gasteiger partial charge in [0.2, 0.25) is 0 Å². The summed E-state index contributed by atoms with van der Waals surface area (Å²) in [5.41, 5.74) is 5.30. The second-order valence-corrected chi connectivity index (χ2v) is 7.63. The number of thioether (sulfide) groups is 1. The van der Waals surface area contributed by atoms with Crippen LogP contribution in [0.5, 0.6) is 0 Å². The maximum Gasteiger partial charge on any atom is 0.123 e. The van der Waals surface area contributed by atoms with Crippen LogP contribution in [0.4, 0.5) is 4.39 Å². The summed E-state index contributed by atoms with van der Waals surface area (Å²) in [6.45, 7) is 0. The van der Waals surface area contributed by atoms with Gasteiger partial charge in [0.25, 0.3) is 0 Å². The van der Waals surface area contributed by atoms with Crippen molar-refractivity contribution in [2.24, 2.45) is 0 Å². The van der Waals surface area contributed by atoms with Crippen molar-refractivity contribution in [3.8, 4) is 22.4 Å². The summed E-state index contributed by atoms with van der Waals surface area (Å²) in [5.74, 6) is -1.19. The van der Waals surface area contributed by atoms with E-state index in [0.29, 0.717) is 21.9 Å². The minimum Gasteiger partial charge on any atom is -0.545 e. The van der Waals surface area contributed by atoms with Gasteiger partial charge in [-0.25, -0.2) is 9.37 Å². The van der Waals surface area contributed by atoms with Gasteiger partial charge in [0.1, 0.15) is 5.82 Å². The third-order valence-corrected chi connectivity index (χ3v) is 6.09. The Hall–Kier alpha value is -3.18. The van der Waals surface area contributed by atoms with Crippen molar-refractivity contribution in [2.75, 3.05) is 0 Å².